The van der Waals surface area contributed by atoms with Gasteiger partial charge in [-0.1, -0.05) is 12.8 Å². The van der Waals surface area contributed by atoms with E-state index in [4.69, 9.17) is 0 Å². The molecule has 152 valence electrons. The van der Waals surface area contributed by atoms with Gasteiger partial charge in [0.05, 0.1) is 7.11 Å². The maximum Gasteiger partial charge on any atom is 0.305 e. The van der Waals surface area contributed by atoms with Crippen LogP contribution in [0.3, 0.4) is 0 Å². The Morgan fingerprint density at radius 1 is 1.19 bits per heavy atom. The Hall–Kier alpha value is -1.06. The minimum absolute atomic E-state index is 0. The molecular formula is C18H35IN4O3. The summed E-state index contributed by atoms with van der Waals surface area (Å²) in [5.41, 5.74) is 0. The first-order chi connectivity index (χ1) is 12.2. The molecule has 0 saturated carbocycles. The largest absolute Gasteiger partial charge is 0.469 e. The van der Waals surface area contributed by atoms with Gasteiger partial charge in [0.25, 0.3) is 0 Å². The van der Waals surface area contributed by atoms with E-state index in [2.05, 4.69) is 20.4 Å². The molecule has 0 atom stereocenters. The summed E-state index contributed by atoms with van der Waals surface area (Å²) in [5, 5.41) is 6.58. The summed E-state index contributed by atoms with van der Waals surface area (Å²) >= 11 is 0. The zero-order valence-corrected chi connectivity index (χ0v) is 18.6. The third kappa shape index (κ3) is 11.5. The monoisotopic (exact) mass is 482 g/mol. The van der Waals surface area contributed by atoms with Crippen molar-refractivity contribution >= 4 is 41.8 Å². The van der Waals surface area contributed by atoms with Crippen molar-refractivity contribution in [2.75, 3.05) is 39.8 Å². The summed E-state index contributed by atoms with van der Waals surface area (Å²) in [6.07, 6.45) is 7.15. The van der Waals surface area contributed by atoms with Crippen molar-refractivity contribution in [1.82, 2.24) is 15.5 Å². The van der Waals surface area contributed by atoms with E-state index in [-0.39, 0.29) is 35.9 Å². The van der Waals surface area contributed by atoms with Crippen LogP contribution in [0.5, 0.6) is 0 Å². The Kier molecular flexibility index (Phi) is 15.5. The van der Waals surface area contributed by atoms with Crippen molar-refractivity contribution < 1.29 is 14.3 Å². The fourth-order valence-electron chi connectivity index (χ4n) is 2.79. The minimum Gasteiger partial charge on any atom is -0.469 e. The highest BCUT2D eigenvalue weighted by molar-refractivity contribution is 14.0. The van der Waals surface area contributed by atoms with E-state index in [9.17, 15) is 9.59 Å². The molecule has 0 aromatic rings. The quantitative estimate of drug-likeness (QED) is 0.147. The number of rotatable bonds is 12. The molecular weight excluding hydrogens is 447 g/mol. The van der Waals surface area contributed by atoms with Gasteiger partial charge in [0.2, 0.25) is 5.91 Å². The SMILES string of the molecule is CCNC(=NCCCN1CCCC1=O)NCCCCCCC(=O)OC.I. The number of hydrogen-bond donors (Lipinski definition) is 2. The molecule has 0 unspecified atom stereocenters. The second kappa shape index (κ2) is 16.1. The molecule has 7 nitrogen and oxygen atoms in total. The fraction of sp³-hybridized carbons (Fsp3) is 0.833. The molecule has 1 amide bonds. The molecule has 0 aromatic carbocycles. The lowest BCUT2D eigenvalue weighted by Gasteiger charge is -2.15. The molecule has 0 spiro atoms. The van der Waals surface area contributed by atoms with Crippen molar-refractivity contribution in [2.45, 2.75) is 58.3 Å². The summed E-state index contributed by atoms with van der Waals surface area (Å²) in [6, 6.07) is 0. The number of guanidine groups is 1. The Balaban J connectivity index is 0.00000625. The molecule has 0 bridgehead atoms. The fourth-order valence-corrected chi connectivity index (χ4v) is 2.79. The van der Waals surface area contributed by atoms with Gasteiger partial charge in [-0.05, 0) is 32.6 Å². The van der Waals surface area contributed by atoms with Crippen LogP contribution in [-0.2, 0) is 14.3 Å². The van der Waals surface area contributed by atoms with Gasteiger partial charge >= 0.3 is 5.97 Å². The number of unbranched alkanes of at least 4 members (excludes halogenated alkanes) is 3. The van der Waals surface area contributed by atoms with Gasteiger partial charge in [-0.15, -0.1) is 24.0 Å². The molecule has 26 heavy (non-hydrogen) atoms. The number of halogens is 1. The zero-order valence-electron chi connectivity index (χ0n) is 16.2. The molecule has 0 aliphatic carbocycles. The van der Waals surface area contributed by atoms with Gasteiger partial charge in [0.1, 0.15) is 0 Å². The average Bonchev–Trinajstić information content (AvgIpc) is 3.02. The summed E-state index contributed by atoms with van der Waals surface area (Å²) in [5.74, 6) is 0.987. The van der Waals surface area contributed by atoms with Crippen LogP contribution in [0.1, 0.15) is 58.3 Å². The van der Waals surface area contributed by atoms with Crippen molar-refractivity contribution in [3.63, 3.8) is 0 Å². The molecule has 1 heterocycles. The van der Waals surface area contributed by atoms with E-state index < -0.39 is 0 Å². The number of nitrogens with one attached hydrogen (secondary N) is 2. The van der Waals surface area contributed by atoms with Crippen LogP contribution < -0.4 is 10.6 Å². The first kappa shape index (κ1) is 24.9. The van der Waals surface area contributed by atoms with Gasteiger partial charge in [-0.25, -0.2) is 0 Å². The van der Waals surface area contributed by atoms with Gasteiger partial charge in [-0.2, -0.15) is 0 Å². The molecule has 1 aliphatic rings. The van der Waals surface area contributed by atoms with Crippen LogP contribution in [0, 0.1) is 0 Å². The van der Waals surface area contributed by atoms with Crippen LogP contribution in [0.4, 0.5) is 0 Å². The predicted octanol–water partition coefficient (Wildman–Crippen LogP) is 2.30. The first-order valence-corrected chi connectivity index (χ1v) is 9.54. The maximum atomic E-state index is 11.5. The van der Waals surface area contributed by atoms with E-state index in [1.165, 1.54) is 7.11 Å². The Morgan fingerprint density at radius 3 is 2.62 bits per heavy atom. The van der Waals surface area contributed by atoms with E-state index in [0.717, 1.165) is 77.2 Å². The highest BCUT2D eigenvalue weighted by Crippen LogP contribution is 2.09. The number of hydrogen-bond acceptors (Lipinski definition) is 4. The number of esters is 1. The van der Waals surface area contributed by atoms with Crippen LogP contribution in [0.15, 0.2) is 4.99 Å². The normalized spacial score (nSPS) is 14.2. The van der Waals surface area contributed by atoms with Crippen molar-refractivity contribution in [3.8, 4) is 0 Å². The third-order valence-corrected chi connectivity index (χ3v) is 4.20. The summed E-state index contributed by atoms with van der Waals surface area (Å²) < 4.78 is 4.62. The number of amides is 1. The summed E-state index contributed by atoms with van der Waals surface area (Å²) in [7, 11) is 1.43. The van der Waals surface area contributed by atoms with Crippen LogP contribution in [0.2, 0.25) is 0 Å². The Bertz CT molecular complexity index is 433. The molecule has 1 fully saturated rings. The minimum atomic E-state index is -0.129. The summed E-state index contributed by atoms with van der Waals surface area (Å²) in [6.45, 7) is 6.17. The van der Waals surface area contributed by atoms with Crippen molar-refractivity contribution in [3.05, 3.63) is 0 Å². The molecule has 1 aliphatic heterocycles. The summed E-state index contributed by atoms with van der Waals surface area (Å²) in [4.78, 5) is 29.1. The molecule has 8 heteroatoms. The van der Waals surface area contributed by atoms with Gasteiger partial charge in [0.15, 0.2) is 5.96 Å². The van der Waals surface area contributed by atoms with Gasteiger partial charge in [0, 0.05) is 45.6 Å². The Morgan fingerprint density at radius 2 is 1.96 bits per heavy atom. The number of aliphatic imine (C=N–C) groups is 1. The molecule has 2 N–H and O–H groups in total. The molecule has 1 saturated heterocycles. The molecule has 1 rings (SSSR count). The second-order valence-electron chi connectivity index (χ2n) is 6.27. The number of nitrogens with zero attached hydrogens (tertiary/aromatic N) is 2. The van der Waals surface area contributed by atoms with Crippen LogP contribution in [-0.4, -0.2) is 62.6 Å². The van der Waals surface area contributed by atoms with E-state index in [1.54, 1.807) is 0 Å². The van der Waals surface area contributed by atoms with Crippen molar-refractivity contribution in [2.24, 2.45) is 4.99 Å². The van der Waals surface area contributed by atoms with Crippen LogP contribution >= 0.6 is 24.0 Å². The number of methoxy groups -OCH3 is 1. The molecule has 0 aromatic heterocycles. The van der Waals surface area contributed by atoms with Gasteiger partial charge in [-0.3, -0.25) is 14.6 Å². The first-order valence-electron chi connectivity index (χ1n) is 9.54. The van der Waals surface area contributed by atoms with E-state index in [1.807, 2.05) is 11.8 Å². The predicted molar refractivity (Wildman–Crippen MR) is 115 cm³/mol. The lowest BCUT2D eigenvalue weighted by molar-refractivity contribution is -0.140. The molecule has 0 radical (unpaired) electrons. The highest BCUT2D eigenvalue weighted by Gasteiger charge is 2.18. The van der Waals surface area contributed by atoms with Crippen molar-refractivity contribution in [1.29, 1.82) is 0 Å². The Labute approximate surface area is 174 Å². The topological polar surface area (TPSA) is 83.0 Å². The highest BCUT2D eigenvalue weighted by atomic mass is 127. The van der Waals surface area contributed by atoms with E-state index in [0.29, 0.717) is 12.8 Å². The second-order valence-corrected chi connectivity index (χ2v) is 6.27. The lowest BCUT2D eigenvalue weighted by atomic mass is 10.1. The van der Waals surface area contributed by atoms with E-state index >= 15 is 0 Å². The zero-order chi connectivity index (χ0) is 18.3. The number of ether oxygens (including phenoxy) is 1. The lowest BCUT2D eigenvalue weighted by Crippen LogP contribution is -2.38. The standard InChI is InChI=1S/C18H34N4O3.HI/c1-3-19-18(20-12-7-5-4-6-11-17(24)25-2)21-13-9-15-22-14-8-10-16(22)23;/h3-15H2,1-2H3,(H2,19,20,21);1H. The third-order valence-electron chi connectivity index (χ3n) is 4.20. The average molecular weight is 482 g/mol. The maximum absolute atomic E-state index is 11.5. The van der Waals surface area contributed by atoms with Crippen LogP contribution in [0.25, 0.3) is 0 Å². The number of likely N-dealkylation sites (tertiary alicyclic amines) is 1. The smallest absolute Gasteiger partial charge is 0.305 e. The number of carbonyl (C=O) groups is 2. The number of carbonyl (C=O) groups excluding carboxylic acids is 2. The van der Waals surface area contributed by atoms with Gasteiger partial charge < -0.3 is 20.3 Å².